The Hall–Kier alpha value is -1.10. The molecule has 1 aromatic heterocycles. The quantitative estimate of drug-likeness (QED) is 0.855. The Labute approximate surface area is 108 Å². The van der Waals surface area contributed by atoms with Crippen molar-refractivity contribution in [1.29, 1.82) is 0 Å². The van der Waals surface area contributed by atoms with Crippen molar-refractivity contribution in [2.75, 3.05) is 0 Å². The van der Waals surface area contributed by atoms with E-state index >= 15 is 0 Å². The van der Waals surface area contributed by atoms with Gasteiger partial charge in [-0.2, -0.15) is 5.10 Å². The molecule has 0 saturated carbocycles. The van der Waals surface area contributed by atoms with Gasteiger partial charge in [0.2, 0.25) is 0 Å². The minimum Gasteiger partial charge on any atom is -0.389 e. The summed E-state index contributed by atoms with van der Waals surface area (Å²) in [5, 5.41) is 5.13. The summed E-state index contributed by atoms with van der Waals surface area (Å²) in [6.07, 6.45) is 3.21. The molecule has 0 aliphatic heterocycles. The maximum Gasteiger partial charge on any atom is 0.104 e. The number of nitrogens with two attached hydrogens (primary N) is 1. The third kappa shape index (κ3) is 2.19. The van der Waals surface area contributed by atoms with Crippen LogP contribution in [0.3, 0.4) is 0 Å². The fourth-order valence-electron chi connectivity index (χ4n) is 1.28. The van der Waals surface area contributed by atoms with E-state index < -0.39 is 0 Å². The van der Waals surface area contributed by atoms with Crippen molar-refractivity contribution in [3.63, 3.8) is 0 Å². The molecule has 6 heteroatoms. The van der Waals surface area contributed by atoms with Gasteiger partial charge in [0, 0.05) is 11.8 Å². The van der Waals surface area contributed by atoms with E-state index in [1.807, 2.05) is 0 Å². The van der Waals surface area contributed by atoms with E-state index in [2.05, 4.69) is 5.10 Å². The summed E-state index contributed by atoms with van der Waals surface area (Å²) in [6.45, 7) is 0. The number of thiocarbonyl (C=S) groups is 1. The van der Waals surface area contributed by atoms with E-state index in [0.717, 1.165) is 11.3 Å². The highest BCUT2D eigenvalue weighted by Crippen LogP contribution is 2.22. The first kappa shape index (κ1) is 11.4. The molecule has 16 heavy (non-hydrogen) atoms. The number of hydrogen-bond acceptors (Lipinski definition) is 2. The van der Waals surface area contributed by atoms with Gasteiger partial charge in [-0.15, -0.1) is 0 Å². The van der Waals surface area contributed by atoms with Crippen LogP contribution in [0.25, 0.3) is 5.69 Å². The average molecular weight is 272 g/mol. The number of benzene rings is 1. The van der Waals surface area contributed by atoms with Crippen LogP contribution >= 0.6 is 35.4 Å². The zero-order valence-electron chi connectivity index (χ0n) is 8.02. The summed E-state index contributed by atoms with van der Waals surface area (Å²) in [4.78, 5) is 0.312. The monoisotopic (exact) mass is 271 g/mol. The normalized spacial score (nSPS) is 10.4. The molecule has 0 aliphatic rings. The Morgan fingerprint density at radius 3 is 2.62 bits per heavy atom. The van der Waals surface area contributed by atoms with Gasteiger partial charge in [-0.05, 0) is 18.2 Å². The van der Waals surface area contributed by atoms with E-state index in [9.17, 15) is 0 Å². The summed E-state index contributed by atoms with van der Waals surface area (Å²) in [7, 11) is 0. The fourth-order valence-corrected chi connectivity index (χ4v) is 1.81. The molecule has 0 unspecified atom stereocenters. The van der Waals surface area contributed by atoms with Gasteiger partial charge in [-0.1, -0.05) is 35.4 Å². The number of halogens is 2. The topological polar surface area (TPSA) is 43.8 Å². The smallest absolute Gasteiger partial charge is 0.104 e. The van der Waals surface area contributed by atoms with Crippen molar-refractivity contribution in [1.82, 2.24) is 9.78 Å². The molecule has 2 aromatic rings. The first-order chi connectivity index (χ1) is 7.58. The van der Waals surface area contributed by atoms with Crippen LogP contribution in [0.1, 0.15) is 5.56 Å². The van der Waals surface area contributed by atoms with Gasteiger partial charge in [0.05, 0.1) is 21.9 Å². The second-order valence-corrected chi connectivity index (χ2v) is 4.42. The maximum atomic E-state index is 6.10. The summed E-state index contributed by atoms with van der Waals surface area (Å²) in [5.41, 5.74) is 6.96. The van der Waals surface area contributed by atoms with Gasteiger partial charge in [-0.25, -0.2) is 4.68 Å². The number of aromatic nitrogens is 2. The average Bonchev–Trinajstić information content (AvgIpc) is 2.64. The van der Waals surface area contributed by atoms with Crippen molar-refractivity contribution >= 4 is 40.4 Å². The molecular formula is C10H7Cl2N3S. The molecule has 1 aromatic carbocycles. The summed E-state index contributed by atoms with van der Waals surface area (Å²) in [6, 6.07) is 5.29. The van der Waals surface area contributed by atoms with Gasteiger partial charge in [0.1, 0.15) is 4.99 Å². The SMILES string of the molecule is NC(=S)c1ccc(-n2cc(Cl)cn2)c(Cl)c1. The molecule has 0 spiro atoms. The molecule has 0 fully saturated rings. The van der Waals surface area contributed by atoms with Gasteiger partial charge < -0.3 is 5.73 Å². The van der Waals surface area contributed by atoms with Crippen molar-refractivity contribution in [3.05, 3.63) is 46.2 Å². The van der Waals surface area contributed by atoms with Crippen molar-refractivity contribution in [3.8, 4) is 5.69 Å². The molecule has 0 aliphatic carbocycles. The first-order valence-corrected chi connectivity index (χ1v) is 5.54. The van der Waals surface area contributed by atoms with Crippen molar-refractivity contribution in [2.45, 2.75) is 0 Å². The molecular weight excluding hydrogens is 265 g/mol. The van der Waals surface area contributed by atoms with Crippen LogP contribution in [0, 0.1) is 0 Å². The second-order valence-electron chi connectivity index (χ2n) is 3.13. The zero-order chi connectivity index (χ0) is 11.7. The van der Waals surface area contributed by atoms with Crippen molar-refractivity contribution in [2.24, 2.45) is 5.73 Å². The molecule has 2 rings (SSSR count). The molecule has 2 N–H and O–H groups in total. The Morgan fingerprint density at radius 1 is 1.38 bits per heavy atom. The minimum atomic E-state index is 0.312. The Bertz CT molecular complexity index is 551. The van der Waals surface area contributed by atoms with Gasteiger partial charge in [-0.3, -0.25) is 0 Å². The van der Waals surface area contributed by atoms with Crippen LogP contribution in [0.5, 0.6) is 0 Å². The molecule has 0 saturated heterocycles. The predicted octanol–water partition coefficient (Wildman–Crippen LogP) is 2.81. The van der Waals surface area contributed by atoms with Crippen LogP contribution < -0.4 is 5.73 Å². The molecule has 82 valence electrons. The Morgan fingerprint density at radius 2 is 2.12 bits per heavy atom. The number of rotatable bonds is 2. The van der Waals surface area contributed by atoms with Crippen molar-refractivity contribution < 1.29 is 0 Å². The highest BCUT2D eigenvalue weighted by Gasteiger charge is 2.06. The molecule has 0 bridgehead atoms. The molecule has 1 heterocycles. The largest absolute Gasteiger partial charge is 0.389 e. The van der Waals surface area contributed by atoms with E-state index in [4.69, 9.17) is 41.2 Å². The van der Waals surface area contributed by atoms with E-state index in [1.165, 1.54) is 0 Å². The van der Waals surface area contributed by atoms with Gasteiger partial charge in [0.15, 0.2) is 0 Å². The maximum absolute atomic E-state index is 6.10. The number of nitrogens with zero attached hydrogens (tertiary/aromatic N) is 2. The summed E-state index contributed by atoms with van der Waals surface area (Å²) < 4.78 is 1.59. The Kier molecular flexibility index (Phi) is 3.14. The van der Waals surface area contributed by atoms with Crippen LogP contribution in [0.2, 0.25) is 10.0 Å². The van der Waals surface area contributed by atoms with Gasteiger partial charge in [0.25, 0.3) is 0 Å². The van der Waals surface area contributed by atoms with Crippen LogP contribution in [-0.4, -0.2) is 14.8 Å². The lowest BCUT2D eigenvalue weighted by molar-refractivity contribution is 0.880. The lowest BCUT2D eigenvalue weighted by atomic mass is 10.2. The second kappa shape index (κ2) is 4.41. The highest BCUT2D eigenvalue weighted by atomic mass is 35.5. The van der Waals surface area contributed by atoms with Gasteiger partial charge >= 0.3 is 0 Å². The molecule has 0 atom stereocenters. The minimum absolute atomic E-state index is 0.312. The number of hydrogen-bond donors (Lipinski definition) is 1. The predicted molar refractivity (Wildman–Crippen MR) is 69.5 cm³/mol. The molecule has 0 radical (unpaired) electrons. The highest BCUT2D eigenvalue weighted by molar-refractivity contribution is 7.80. The summed E-state index contributed by atoms with van der Waals surface area (Å²) in [5.74, 6) is 0. The van der Waals surface area contributed by atoms with Crippen LogP contribution in [-0.2, 0) is 0 Å². The van der Waals surface area contributed by atoms with E-state index in [-0.39, 0.29) is 0 Å². The van der Waals surface area contributed by atoms with E-state index in [1.54, 1.807) is 35.3 Å². The van der Waals surface area contributed by atoms with E-state index in [0.29, 0.717) is 15.0 Å². The zero-order valence-corrected chi connectivity index (χ0v) is 10.4. The summed E-state index contributed by atoms with van der Waals surface area (Å²) >= 11 is 16.7. The Balaban J connectivity index is 2.47. The lowest BCUT2D eigenvalue weighted by Crippen LogP contribution is -2.09. The molecule has 0 amide bonds. The third-order valence-corrected chi connectivity index (χ3v) is 2.76. The fraction of sp³-hybridized carbons (Fsp3) is 0. The van der Waals surface area contributed by atoms with Crippen LogP contribution in [0.4, 0.5) is 0 Å². The van der Waals surface area contributed by atoms with Crippen LogP contribution in [0.15, 0.2) is 30.6 Å². The third-order valence-electron chi connectivity index (χ3n) is 2.03. The first-order valence-electron chi connectivity index (χ1n) is 4.38. The lowest BCUT2D eigenvalue weighted by Gasteiger charge is -2.06. The molecule has 3 nitrogen and oxygen atoms in total. The standard InChI is InChI=1S/C10H7Cl2N3S/c11-7-4-14-15(5-7)9-2-1-6(10(13)16)3-8(9)12/h1-5H,(H2,13,16).